The maximum Gasteiger partial charge on any atom is 0.271 e. The molecule has 0 bridgehead atoms. The number of methoxy groups -OCH3 is 1. The molecule has 0 atom stereocenters. The van der Waals surface area contributed by atoms with E-state index in [0.29, 0.717) is 23.7 Å². The average molecular weight is 590 g/mol. The smallest absolute Gasteiger partial charge is 0.271 e. The number of benzene rings is 3. The zero-order chi connectivity index (χ0) is 24.7. The van der Waals surface area contributed by atoms with Gasteiger partial charge >= 0.3 is 0 Å². The third kappa shape index (κ3) is 6.24. The number of anilines is 1. The summed E-state index contributed by atoms with van der Waals surface area (Å²) in [7, 11) is 1.50. The van der Waals surface area contributed by atoms with Crippen LogP contribution in [0, 0.1) is 25.0 Å². The Hall–Kier alpha value is -3.62. The van der Waals surface area contributed by atoms with E-state index in [4.69, 9.17) is 21.1 Å². The molecule has 0 heterocycles. The van der Waals surface area contributed by atoms with E-state index in [0.717, 1.165) is 15.2 Å². The van der Waals surface area contributed by atoms with Crippen molar-refractivity contribution in [1.82, 2.24) is 0 Å². The van der Waals surface area contributed by atoms with Crippen LogP contribution in [-0.2, 0) is 11.4 Å². The number of rotatable bonds is 8. The lowest BCUT2D eigenvalue weighted by Crippen LogP contribution is -2.13. The monoisotopic (exact) mass is 589 g/mol. The minimum Gasteiger partial charge on any atom is -0.493 e. The quantitative estimate of drug-likeness (QED) is 0.114. The lowest BCUT2D eigenvalue weighted by Gasteiger charge is -2.14. The number of nitro benzene ring substituents is 1. The Bertz CT molecular complexity index is 1310. The summed E-state index contributed by atoms with van der Waals surface area (Å²) in [5.74, 6) is 0.284. The molecule has 0 aromatic heterocycles. The number of carbonyl (C=O) groups excluding carboxylic acids is 1. The van der Waals surface area contributed by atoms with Gasteiger partial charge in [0, 0.05) is 12.1 Å². The first kappa shape index (κ1) is 25.0. The molecule has 0 radical (unpaired) electrons. The summed E-state index contributed by atoms with van der Waals surface area (Å²) in [6, 6.07) is 18.6. The molecule has 34 heavy (non-hydrogen) atoms. The fraction of sp³-hybridized carbons (Fsp3) is 0.0833. The van der Waals surface area contributed by atoms with Gasteiger partial charge in [0.1, 0.15) is 18.2 Å². The Morgan fingerprint density at radius 3 is 2.59 bits per heavy atom. The van der Waals surface area contributed by atoms with E-state index < -0.39 is 10.8 Å². The molecule has 1 amide bonds. The molecule has 0 saturated heterocycles. The number of non-ortho nitro benzene ring substituents is 1. The van der Waals surface area contributed by atoms with Crippen molar-refractivity contribution < 1.29 is 19.2 Å². The number of hydrogen-bond donors (Lipinski definition) is 1. The van der Waals surface area contributed by atoms with Crippen molar-refractivity contribution >= 4 is 57.5 Å². The lowest BCUT2D eigenvalue weighted by molar-refractivity contribution is -0.384. The number of carbonyl (C=O) groups is 1. The fourth-order valence-corrected chi connectivity index (χ4v) is 3.92. The second-order valence-electron chi connectivity index (χ2n) is 6.85. The van der Waals surface area contributed by atoms with Gasteiger partial charge in [0.2, 0.25) is 0 Å². The van der Waals surface area contributed by atoms with Crippen LogP contribution >= 0.6 is 34.2 Å². The number of halogens is 2. The third-order valence-electron chi connectivity index (χ3n) is 4.57. The van der Waals surface area contributed by atoms with Crippen molar-refractivity contribution in [3.8, 4) is 17.6 Å². The second-order valence-corrected chi connectivity index (χ2v) is 8.42. The fourth-order valence-electron chi connectivity index (χ4n) is 2.92. The highest BCUT2D eigenvalue weighted by molar-refractivity contribution is 14.1. The Labute approximate surface area is 214 Å². The molecular formula is C24H17ClIN3O5. The maximum absolute atomic E-state index is 12.6. The molecule has 0 saturated carbocycles. The van der Waals surface area contributed by atoms with E-state index in [1.54, 1.807) is 12.1 Å². The average Bonchev–Trinajstić information content (AvgIpc) is 2.83. The van der Waals surface area contributed by atoms with Gasteiger partial charge in [-0.25, -0.2) is 0 Å². The predicted octanol–water partition coefficient (Wildman–Crippen LogP) is 5.99. The van der Waals surface area contributed by atoms with Crippen molar-refractivity contribution in [1.29, 1.82) is 5.26 Å². The van der Waals surface area contributed by atoms with Gasteiger partial charge in [-0.3, -0.25) is 14.9 Å². The summed E-state index contributed by atoms with van der Waals surface area (Å²) in [6.45, 7) is 0.351. The highest BCUT2D eigenvalue weighted by Crippen LogP contribution is 2.35. The number of amides is 1. The highest BCUT2D eigenvalue weighted by atomic mass is 127. The number of hydrogen-bond acceptors (Lipinski definition) is 6. The summed E-state index contributed by atoms with van der Waals surface area (Å²) >= 11 is 8.12. The van der Waals surface area contributed by atoms with Crippen molar-refractivity contribution in [2.45, 2.75) is 6.61 Å². The van der Waals surface area contributed by atoms with E-state index in [9.17, 15) is 20.2 Å². The summed E-state index contributed by atoms with van der Waals surface area (Å²) in [6.07, 6.45) is 1.40. The van der Waals surface area contributed by atoms with E-state index in [-0.39, 0.29) is 22.0 Å². The van der Waals surface area contributed by atoms with Gasteiger partial charge in [-0.15, -0.1) is 0 Å². The molecule has 3 rings (SSSR count). The third-order valence-corrected chi connectivity index (χ3v) is 5.68. The Morgan fingerprint density at radius 2 is 1.97 bits per heavy atom. The SMILES string of the molecule is COc1cc(C=C(C#N)C(=O)Nc2ccc([N+](=O)[O-])cc2Cl)cc(I)c1OCc1ccccc1. The van der Waals surface area contributed by atoms with Gasteiger partial charge in [0.15, 0.2) is 11.5 Å². The van der Waals surface area contributed by atoms with Gasteiger partial charge in [0.25, 0.3) is 11.6 Å². The first-order chi connectivity index (χ1) is 16.3. The topological polar surface area (TPSA) is 114 Å². The van der Waals surface area contributed by atoms with Crippen molar-refractivity contribution in [2.24, 2.45) is 0 Å². The first-order valence-electron chi connectivity index (χ1n) is 9.73. The number of nitro groups is 1. The standard InChI is InChI=1S/C24H17ClIN3O5/c1-33-22-11-16(10-20(26)23(22)34-14-15-5-3-2-4-6-15)9-17(13-27)24(30)28-21-8-7-18(29(31)32)12-19(21)25/h2-12H,14H2,1H3,(H,28,30). The summed E-state index contributed by atoms with van der Waals surface area (Å²) < 4.78 is 12.1. The molecule has 1 N–H and O–H groups in total. The molecule has 0 aliphatic rings. The minimum absolute atomic E-state index is 0.0176. The predicted molar refractivity (Wildman–Crippen MR) is 137 cm³/mol. The second kappa shape index (κ2) is 11.5. The molecule has 172 valence electrons. The Morgan fingerprint density at radius 1 is 1.24 bits per heavy atom. The maximum atomic E-state index is 12.6. The van der Waals surface area contributed by atoms with Crippen molar-refractivity contribution in [3.63, 3.8) is 0 Å². The van der Waals surface area contributed by atoms with E-state index in [1.807, 2.05) is 36.4 Å². The van der Waals surface area contributed by atoms with Crippen LogP contribution < -0.4 is 14.8 Å². The molecular weight excluding hydrogens is 573 g/mol. The zero-order valence-corrected chi connectivity index (χ0v) is 20.7. The summed E-state index contributed by atoms with van der Waals surface area (Å²) in [4.78, 5) is 22.9. The molecule has 0 unspecified atom stereocenters. The molecule has 3 aromatic rings. The van der Waals surface area contributed by atoms with Gasteiger partial charge in [-0.2, -0.15) is 5.26 Å². The summed E-state index contributed by atoms with van der Waals surface area (Å²) in [5, 5.41) is 22.9. The van der Waals surface area contributed by atoms with E-state index >= 15 is 0 Å². The molecule has 10 heteroatoms. The molecule has 8 nitrogen and oxygen atoms in total. The van der Waals surface area contributed by atoms with Gasteiger partial charge in [-0.1, -0.05) is 41.9 Å². The molecule has 0 spiro atoms. The molecule has 0 aliphatic heterocycles. The molecule has 0 fully saturated rings. The largest absolute Gasteiger partial charge is 0.493 e. The van der Waals surface area contributed by atoms with Gasteiger partial charge < -0.3 is 14.8 Å². The minimum atomic E-state index is -0.711. The van der Waals surface area contributed by atoms with Crippen LogP contribution in [0.3, 0.4) is 0 Å². The number of ether oxygens (including phenoxy) is 2. The Balaban J connectivity index is 1.82. The number of nitrogens with zero attached hydrogens (tertiary/aromatic N) is 2. The normalized spacial score (nSPS) is 10.8. The molecule has 0 aliphatic carbocycles. The van der Waals surface area contributed by atoms with Crippen LogP contribution in [-0.4, -0.2) is 17.9 Å². The number of nitriles is 1. The number of nitrogens with one attached hydrogen (secondary N) is 1. The Kier molecular flexibility index (Phi) is 8.45. The van der Waals surface area contributed by atoms with E-state index in [1.165, 1.54) is 25.3 Å². The van der Waals surface area contributed by atoms with Crippen LogP contribution in [0.2, 0.25) is 5.02 Å². The van der Waals surface area contributed by atoms with Crippen LogP contribution in [0.25, 0.3) is 6.08 Å². The first-order valence-corrected chi connectivity index (χ1v) is 11.2. The lowest BCUT2D eigenvalue weighted by atomic mass is 10.1. The van der Waals surface area contributed by atoms with E-state index in [2.05, 4.69) is 27.9 Å². The van der Waals surface area contributed by atoms with Crippen LogP contribution in [0.5, 0.6) is 11.5 Å². The summed E-state index contributed by atoms with van der Waals surface area (Å²) in [5.41, 5.74) is 1.29. The van der Waals surface area contributed by atoms with Gasteiger partial charge in [0.05, 0.1) is 26.3 Å². The molecule has 3 aromatic carbocycles. The van der Waals surface area contributed by atoms with Crippen LogP contribution in [0.15, 0.2) is 66.2 Å². The van der Waals surface area contributed by atoms with Crippen LogP contribution in [0.4, 0.5) is 11.4 Å². The van der Waals surface area contributed by atoms with Crippen LogP contribution in [0.1, 0.15) is 11.1 Å². The van der Waals surface area contributed by atoms with Crippen molar-refractivity contribution in [2.75, 3.05) is 12.4 Å². The zero-order valence-electron chi connectivity index (χ0n) is 17.7. The van der Waals surface area contributed by atoms with Gasteiger partial charge in [-0.05, 0) is 58.0 Å². The van der Waals surface area contributed by atoms with Crippen molar-refractivity contribution in [3.05, 3.63) is 96.1 Å². The highest BCUT2D eigenvalue weighted by Gasteiger charge is 2.16.